The van der Waals surface area contributed by atoms with Crippen LogP contribution in [-0.4, -0.2) is 31.7 Å². The molecule has 1 aliphatic heterocycles. The number of hydrogen-bond donors (Lipinski definition) is 1. The van der Waals surface area contributed by atoms with Gasteiger partial charge >= 0.3 is 0 Å². The maximum Gasteiger partial charge on any atom is 0.243 e. The molecular formula is C24H32N2O3S. The molecule has 1 amide bonds. The molecule has 1 N–H and O–H groups in total. The number of rotatable bonds is 6. The average Bonchev–Trinajstić information content (AvgIpc) is 2.72. The van der Waals surface area contributed by atoms with Crippen LogP contribution in [-0.2, 0) is 14.8 Å². The van der Waals surface area contributed by atoms with Crippen molar-refractivity contribution in [3.63, 3.8) is 0 Å². The van der Waals surface area contributed by atoms with Crippen molar-refractivity contribution in [1.82, 2.24) is 9.62 Å². The second kappa shape index (κ2) is 9.31. The molecule has 0 radical (unpaired) electrons. The number of nitrogens with one attached hydrogen (secondary N) is 1. The van der Waals surface area contributed by atoms with Gasteiger partial charge in [0.2, 0.25) is 15.9 Å². The second-order valence-electron chi connectivity index (χ2n) is 8.32. The first-order valence-electron chi connectivity index (χ1n) is 10.7. The fourth-order valence-corrected chi connectivity index (χ4v) is 5.59. The Balaban J connectivity index is 1.62. The Labute approximate surface area is 180 Å². The molecule has 1 saturated heterocycles. The minimum absolute atomic E-state index is 0.0209. The number of amides is 1. The Morgan fingerprint density at radius 3 is 2.20 bits per heavy atom. The zero-order valence-electron chi connectivity index (χ0n) is 18.3. The van der Waals surface area contributed by atoms with E-state index in [1.54, 1.807) is 12.1 Å². The molecule has 6 heteroatoms. The van der Waals surface area contributed by atoms with Gasteiger partial charge in [0.25, 0.3) is 0 Å². The Morgan fingerprint density at radius 1 is 1.03 bits per heavy atom. The number of piperidine rings is 1. The van der Waals surface area contributed by atoms with Crippen LogP contribution in [0.15, 0.2) is 47.4 Å². The molecule has 5 nitrogen and oxygen atoms in total. The van der Waals surface area contributed by atoms with E-state index in [0.29, 0.717) is 30.8 Å². The maximum atomic E-state index is 12.9. The molecule has 0 aromatic heterocycles. The summed E-state index contributed by atoms with van der Waals surface area (Å²) in [6.45, 7) is 8.88. The Kier molecular flexibility index (Phi) is 6.98. The molecule has 2 aromatic carbocycles. The molecule has 30 heavy (non-hydrogen) atoms. The Hall–Kier alpha value is -2.18. The summed E-state index contributed by atoms with van der Waals surface area (Å²) in [6, 6.07) is 13.2. The number of benzene rings is 2. The number of sulfonamides is 1. The number of carbonyl (C=O) groups excluding carboxylic acids is 1. The van der Waals surface area contributed by atoms with E-state index in [-0.39, 0.29) is 17.9 Å². The number of carbonyl (C=O) groups is 1. The predicted molar refractivity (Wildman–Crippen MR) is 120 cm³/mol. The highest BCUT2D eigenvalue weighted by molar-refractivity contribution is 7.89. The summed E-state index contributed by atoms with van der Waals surface area (Å²) < 4.78 is 27.3. The highest BCUT2D eigenvalue weighted by Gasteiger charge is 2.32. The molecule has 1 fully saturated rings. The van der Waals surface area contributed by atoms with Gasteiger partial charge in [0.05, 0.1) is 10.9 Å². The average molecular weight is 429 g/mol. The van der Waals surface area contributed by atoms with Gasteiger partial charge < -0.3 is 5.32 Å². The van der Waals surface area contributed by atoms with Gasteiger partial charge in [-0.3, -0.25) is 4.79 Å². The van der Waals surface area contributed by atoms with Crippen LogP contribution in [0.3, 0.4) is 0 Å². The lowest BCUT2D eigenvalue weighted by molar-refractivity contribution is -0.126. The van der Waals surface area contributed by atoms with Crippen molar-refractivity contribution in [2.24, 2.45) is 5.92 Å². The van der Waals surface area contributed by atoms with Crippen molar-refractivity contribution >= 4 is 15.9 Å². The third-order valence-electron chi connectivity index (χ3n) is 6.01. The molecule has 3 rings (SSSR count). The molecule has 1 heterocycles. The van der Waals surface area contributed by atoms with Gasteiger partial charge in [0, 0.05) is 19.0 Å². The number of hydrogen-bond acceptors (Lipinski definition) is 3. The van der Waals surface area contributed by atoms with Crippen LogP contribution in [0.25, 0.3) is 0 Å². The molecule has 0 saturated carbocycles. The van der Waals surface area contributed by atoms with E-state index in [9.17, 15) is 13.2 Å². The van der Waals surface area contributed by atoms with Gasteiger partial charge in [-0.25, -0.2) is 8.42 Å². The summed E-state index contributed by atoms with van der Waals surface area (Å²) in [6.07, 6.45) is 1.90. The van der Waals surface area contributed by atoms with E-state index in [1.165, 1.54) is 15.4 Å². The molecule has 1 atom stereocenters. The fourth-order valence-electron chi connectivity index (χ4n) is 4.12. The second-order valence-corrected chi connectivity index (χ2v) is 10.3. The van der Waals surface area contributed by atoms with Gasteiger partial charge in [-0.2, -0.15) is 4.31 Å². The highest BCUT2D eigenvalue weighted by Crippen LogP contribution is 2.26. The Morgan fingerprint density at radius 2 is 1.63 bits per heavy atom. The van der Waals surface area contributed by atoms with Crippen LogP contribution in [0.5, 0.6) is 0 Å². The van der Waals surface area contributed by atoms with E-state index in [1.807, 2.05) is 19.1 Å². The van der Waals surface area contributed by atoms with Crippen molar-refractivity contribution in [2.45, 2.75) is 57.9 Å². The lowest BCUT2D eigenvalue weighted by Gasteiger charge is -2.31. The molecule has 0 spiro atoms. The standard InChI is InChI=1S/C24H32N2O3S/c1-5-23(22-11-8-18(3)16-19(22)4)25-24(27)20-12-14-26(15-13-20)30(28,29)21-9-6-17(2)7-10-21/h6-11,16,20,23H,5,12-15H2,1-4H3,(H,25,27)/t23-/m1/s1. The maximum absolute atomic E-state index is 12.9. The smallest absolute Gasteiger partial charge is 0.243 e. The number of nitrogens with zero attached hydrogens (tertiary/aromatic N) is 1. The lowest BCUT2D eigenvalue weighted by Crippen LogP contribution is -2.43. The molecule has 0 bridgehead atoms. The van der Waals surface area contributed by atoms with Crippen molar-refractivity contribution in [1.29, 1.82) is 0 Å². The van der Waals surface area contributed by atoms with Crippen LogP contribution in [0.4, 0.5) is 0 Å². The normalized spacial score (nSPS) is 16.9. The third-order valence-corrected chi connectivity index (χ3v) is 7.92. The largest absolute Gasteiger partial charge is 0.349 e. The van der Waals surface area contributed by atoms with E-state index >= 15 is 0 Å². The minimum atomic E-state index is -3.51. The number of aryl methyl sites for hydroxylation is 3. The molecule has 1 aliphatic rings. The van der Waals surface area contributed by atoms with E-state index in [2.05, 4.69) is 44.3 Å². The van der Waals surface area contributed by atoms with Crippen molar-refractivity contribution in [3.05, 3.63) is 64.7 Å². The zero-order valence-corrected chi connectivity index (χ0v) is 19.1. The lowest BCUT2D eigenvalue weighted by atomic mass is 9.94. The van der Waals surface area contributed by atoms with Crippen LogP contribution in [0.1, 0.15) is 54.5 Å². The SMILES string of the molecule is CC[C@@H](NC(=O)C1CCN(S(=O)(=O)c2ccc(C)cc2)CC1)c1ccc(C)cc1C. The van der Waals surface area contributed by atoms with Crippen LogP contribution < -0.4 is 5.32 Å². The zero-order chi connectivity index (χ0) is 21.9. The summed E-state index contributed by atoms with van der Waals surface area (Å²) in [4.78, 5) is 13.2. The molecule has 0 aliphatic carbocycles. The minimum Gasteiger partial charge on any atom is -0.349 e. The first-order valence-corrected chi connectivity index (χ1v) is 12.1. The van der Waals surface area contributed by atoms with Gasteiger partial charge in [-0.1, -0.05) is 48.4 Å². The van der Waals surface area contributed by atoms with Crippen molar-refractivity contribution in [3.8, 4) is 0 Å². The van der Waals surface area contributed by atoms with Gasteiger partial charge in [0.1, 0.15) is 0 Å². The van der Waals surface area contributed by atoms with E-state index in [0.717, 1.165) is 17.5 Å². The molecule has 0 unspecified atom stereocenters. The van der Waals surface area contributed by atoms with Crippen LogP contribution in [0.2, 0.25) is 0 Å². The molecular weight excluding hydrogens is 396 g/mol. The van der Waals surface area contributed by atoms with Crippen molar-refractivity contribution < 1.29 is 13.2 Å². The highest BCUT2D eigenvalue weighted by atomic mass is 32.2. The van der Waals surface area contributed by atoms with Crippen LogP contribution >= 0.6 is 0 Å². The first-order chi connectivity index (χ1) is 14.2. The van der Waals surface area contributed by atoms with Gasteiger partial charge in [-0.05, 0) is 63.3 Å². The topological polar surface area (TPSA) is 66.5 Å². The third kappa shape index (κ3) is 4.93. The Bertz CT molecular complexity index is 992. The monoisotopic (exact) mass is 428 g/mol. The fraction of sp³-hybridized carbons (Fsp3) is 0.458. The van der Waals surface area contributed by atoms with Gasteiger partial charge in [-0.15, -0.1) is 0 Å². The van der Waals surface area contributed by atoms with Gasteiger partial charge in [0.15, 0.2) is 0 Å². The summed E-state index contributed by atoms with van der Waals surface area (Å²) >= 11 is 0. The molecule has 162 valence electrons. The predicted octanol–water partition coefficient (Wildman–Crippen LogP) is 4.28. The summed E-state index contributed by atoms with van der Waals surface area (Å²) in [5.74, 6) is -0.136. The first kappa shape index (κ1) is 22.5. The molecule has 2 aromatic rings. The summed E-state index contributed by atoms with van der Waals surface area (Å²) in [5.41, 5.74) is 4.57. The van der Waals surface area contributed by atoms with Crippen LogP contribution in [0, 0.1) is 26.7 Å². The van der Waals surface area contributed by atoms with E-state index < -0.39 is 10.0 Å². The van der Waals surface area contributed by atoms with Crippen molar-refractivity contribution in [2.75, 3.05) is 13.1 Å². The summed E-state index contributed by atoms with van der Waals surface area (Å²) in [5, 5.41) is 3.20. The summed E-state index contributed by atoms with van der Waals surface area (Å²) in [7, 11) is -3.51. The quantitative estimate of drug-likeness (QED) is 0.747. The van der Waals surface area contributed by atoms with E-state index in [4.69, 9.17) is 0 Å².